The fourth-order valence-corrected chi connectivity index (χ4v) is 1.58. The highest BCUT2D eigenvalue weighted by Gasteiger charge is 2.34. The first-order valence-electron chi connectivity index (χ1n) is 6.74. The van der Waals surface area contributed by atoms with Crippen LogP contribution in [0, 0.1) is 11.8 Å². The summed E-state index contributed by atoms with van der Waals surface area (Å²) in [6.07, 6.45) is -5.10. The molecule has 7 heteroatoms. The Hall–Kier alpha value is -2.36. The molecule has 1 aromatic rings. The monoisotopic (exact) mass is 329 g/mol. The minimum Gasteiger partial charge on any atom is -0.496 e. The molecule has 1 aromatic carbocycles. The van der Waals surface area contributed by atoms with Gasteiger partial charge in [-0.15, -0.1) is 0 Å². The fraction of sp³-hybridized carbons (Fsp3) is 0.438. The molecule has 1 N–H and O–H groups in total. The lowest BCUT2D eigenvalue weighted by atomic mass is 10.1. The van der Waals surface area contributed by atoms with E-state index < -0.39 is 23.4 Å². The summed E-state index contributed by atoms with van der Waals surface area (Å²) in [5.74, 6) is 4.98. The second-order valence-corrected chi connectivity index (χ2v) is 5.57. The van der Waals surface area contributed by atoms with E-state index in [1.165, 1.54) is 12.1 Å². The van der Waals surface area contributed by atoms with E-state index >= 15 is 0 Å². The molecule has 0 aromatic heterocycles. The Morgan fingerprint density at radius 1 is 1.26 bits per heavy atom. The highest BCUT2D eigenvalue weighted by molar-refractivity contribution is 5.68. The van der Waals surface area contributed by atoms with Crippen molar-refractivity contribution in [3.63, 3.8) is 0 Å². The zero-order valence-corrected chi connectivity index (χ0v) is 13.3. The topological polar surface area (TPSA) is 47.6 Å². The van der Waals surface area contributed by atoms with Crippen LogP contribution in [0.4, 0.5) is 18.0 Å². The fourth-order valence-electron chi connectivity index (χ4n) is 1.58. The van der Waals surface area contributed by atoms with Gasteiger partial charge in [0.15, 0.2) is 0 Å². The zero-order valence-electron chi connectivity index (χ0n) is 13.3. The van der Waals surface area contributed by atoms with Crippen LogP contribution in [0.25, 0.3) is 0 Å². The molecule has 0 aliphatic heterocycles. The SMILES string of the molecule is COc1cc(C#CCNC(=O)OC(C)(C)C)ccc1C(F)(F)F. The van der Waals surface area contributed by atoms with Crippen LogP contribution >= 0.6 is 0 Å². The number of ether oxygens (including phenoxy) is 2. The number of methoxy groups -OCH3 is 1. The number of rotatable bonds is 2. The van der Waals surface area contributed by atoms with Crippen LogP contribution in [0.5, 0.6) is 5.75 Å². The number of alkyl halides is 3. The molecular weight excluding hydrogens is 311 g/mol. The van der Waals surface area contributed by atoms with E-state index in [4.69, 9.17) is 9.47 Å². The Labute approximate surface area is 133 Å². The number of nitrogens with one attached hydrogen (secondary N) is 1. The third-order valence-electron chi connectivity index (χ3n) is 2.46. The Morgan fingerprint density at radius 3 is 2.43 bits per heavy atom. The lowest BCUT2D eigenvalue weighted by Crippen LogP contribution is -2.32. The van der Waals surface area contributed by atoms with Crippen molar-refractivity contribution in [1.82, 2.24) is 5.32 Å². The van der Waals surface area contributed by atoms with Crippen LogP contribution in [0.1, 0.15) is 31.9 Å². The molecule has 0 bridgehead atoms. The van der Waals surface area contributed by atoms with Gasteiger partial charge in [0, 0.05) is 5.56 Å². The van der Waals surface area contributed by atoms with Crippen LogP contribution < -0.4 is 10.1 Å². The smallest absolute Gasteiger partial charge is 0.419 e. The van der Waals surface area contributed by atoms with Crippen LogP contribution in [-0.2, 0) is 10.9 Å². The van der Waals surface area contributed by atoms with E-state index in [1.54, 1.807) is 20.8 Å². The van der Waals surface area contributed by atoms with E-state index in [0.717, 1.165) is 13.2 Å². The summed E-state index contributed by atoms with van der Waals surface area (Å²) in [5, 5.41) is 2.43. The summed E-state index contributed by atoms with van der Waals surface area (Å²) >= 11 is 0. The molecule has 126 valence electrons. The van der Waals surface area contributed by atoms with E-state index in [2.05, 4.69) is 17.2 Å². The summed E-state index contributed by atoms with van der Waals surface area (Å²) in [5.41, 5.74) is -1.13. The molecule has 1 rings (SSSR count). The summed E-state index contributed by atoms with van der Waals surface area (Å²) in [6.45, 7) is 5.20. The predicted octanol–water partition coefficient (Wildman–Crippen LogP) is 3.59. The lowest BCUT2D eigenvalue weighted by Gasteiger charge is -2.19. The van der Waals surface area contributed by atoms with Gasteiger partial charge in [-0.05, 0) is 39.0 Å². The average Bonchev–Trinajstić information content (AvgIpc) is 2.40. The normalized spacial score (nSPS) is 11.3. The van der Waals surface area contributed by atoms with Crippen molar-refractivity contribution >= 4 is 6.09 Å². The molecule has 23 heavy (non-hydrogen) atoms. The maximum Gasteiger partial charge on any atom is 0.419 e. The Bertz CT molecular complexity index is 622. The van der Waals surface area contributed by atoms with Gasteiger partial charge in [0.2, 0.25) is 0 Å². The van der Waals surface area contributed by atoms with Gasteiger partial charge in [-0.25, -0.2) is 4.79 Å². The zero-order chi connectivity index (χ0) is 17.7. The first kappa shape index (κ1) is 18.7. The molecule has 0 radical (unpaired) electrons. The molecular formula is C16H18F3NO3. The standard InChI is InChI=1S/C16H18F3NO3/c1-15(2,3)23-14(21)20-9-5-6-11-7-8-12(16(17,18)19)13(10-11)22-4/h7-8,10H,9H2,1-4H3,(H,20,21). The highest BCUT2D eigenvalue weighted by atomic mass is 19.4. The Morgan fingerprint density at radius 2 is 1.91 bits per heavy atom. The third-order valence-corrected chi connectivity index (χ3v) is 2.46. The molecule has 1 amide bonds. The number of hydrogen-bond acceptors (Lipinski definition) is 3. The predicted molar refractivity (Wildman–Crippen MR) is 79.1 cm³/mol. The molecule has 4 nitrogen and oxygen atoms in total. The van der Waals surface area contributed by atoms with Crippen LogP contribution in [0.15, 0.2) is 18.2 Å². The van der Waals surface area contributed by atoms with E-state index in [0.29, 0.717) is 5.56 Å². The molecule has 0 aliphatic rings. The van der Waals surface area contributed by atoms with E-state index in [-0.39, 0.29) is 12.3 Å². The second-order valence-electron chi connectivity index (χ2n) is 5.57. The van der Waals surface area contributed by atoms with Crippen molar-refractivity contribution in [2.24, 2.45) is 0 Å². The maximum absolute atomic E-state index is 12.7. The number of alkyl carbamates (subject to hydrolysis) is 1. The quantitative estimate of drug-likeness (QED) is 0.844. The highest BCUT2D eigenvalue weighted by Crippen LogP contribution is 2.36. The van der Waals surface area contributed by atoms with Crippen molar-refractivity contribution in [2.75, 3.05) is 13.7 Å². The number of amides is 1. The molecule has 0 atom stereocenters. The van der Waals surface area contributed by atoms with Crippen LogP contribution in [0.3, 0.4) is 0 Å². The van der Waals surface area contributed by atoms with Gasteiger partial charge in [-0.3, -0.25) is 0 Å². The van der Waals surface area contributed by atoms with Crippen LogP contribution in [0.2, 0.25) is 0 Å². The van der Waals surface area contributed by atoms with Gasteiger partial charge in [-0.1, -0.05) is 11.8 Å². The average molecular weight is 329 g/mol. The van der Waals surface area contributed by atoms with E-state index in [1.807, 2.05) is 0 Å². The summed E-state index contributed by atoms with van der Waals surface area (Å²) in [7, 11) is 1.16. The Balaban J connectivity index is 2.71. The van der Waals surface area contributed by atoms with Crippen molar-refractivity contribution in [1.29, 1.82) is 0 Å². The number of carbonyl (C=O) groups excluding carboxylic acids is 1. The van der Waals surface area contributed by atoms with Gasteiger partial charge >= 0.3 is 12.3 Å². The van der Waals surface area contributed by atoms with Gasteiger partial charge in [0.05, 0.1) is 19.2 Å². The lowest BCUT2D eigenvalue weighted by molar-refractivity contribution is -0.138. The maximum atomic E-state index is 12.7. The second kappa shape index (κ2) is 7.27. The number of carbonyl (C=O) groups is 1. The number of benzene rings is 1. The summed E-state index contributed by atoms with van der Waals surface area (Å²) in [4.78, 5) is 11.4. The molecule has 0 saturated carbocycles. The first-order chi connectivity index (χ1) is 10.5. The first-order valence-corrected chi connectivity index (χ1v) is 6.74. The van der Waals surface area contributed by atoms with Gasteiger partial charge in [-0.2, -0.15) is 13.2 Å². The summed E-state index contributed by atoms with van der Waals surface area (Å²) in [6, 6.07) is 3.35. The number of hydrogen-bond donors (Lipinski definition) is 1. The van der Waals surface area contributed by atoms with Gasteiger partial charge < -0.3 is 14.8 Å². The number of halogens is 3. The molecule has 0 unspecified atom stereocenters. The van der Waals surface area contributed by atoms with Crippen molar-refractivity contribution in [3.05, 3.63) is 29.3 Å². The van der Waals surface area contributed by atoms with E-state index in [9.17, 15) is 18.0 Å². The Kier molecular flexibility index (Phi) is 5.91. The molecule has 0 saturated heterocycles. The van der Waals surface area contributed by atoms with Crippen LogP contribution in [-0.4, -0.2) is 25.3 Å². The van der Waals surface area contributed by atoms with Crippen molar-refractivity contribution in [2.45, 2.75) is 32.5 Å². The summed E-state index contributed by atoms with van der Waals surface area (Å²) < 4.78 is 47.9. The molecule has 0 spiro atoms. The third kappa shape index (κ3) is 6.51. The molecule has 0 fully saturated rings. The van der Waals surface area contributed by atoms with Gasteiger partial charge in [0.25, 0.3) is 0 Å². The largest absolute Gasteiger partial charge is 0.496 e. The minimum atomic E-state index is -4.49. The molecule has 0 heterocycles. The van der Waals surface area contributed by atoms with Crippen molar-refractivity contribution in [3.8, 4) is 17.6 Å². The van der Waals surface area contributed by atoms with Crippen molar-refractivity contribution < 1.29 is 27.4 Å². The van der Waals surface area contributed by atoms with Gasteiger partial charge in [0.1, 0.15) is 11.4 Å². The minimum absolute atomic E-state index is 0.0122. The molecule has 0 aliphatic carbocycles.